The zero-order chi connectivity index (χ0) is 19.1. The molecule has 1 atom stereocenters. The average molecular weight is 378 g/mol. The molecule has 2 aromatic rings. The lowest BCUT2D eigenvalue weighted by Gasteiger charge is -2.33. The number of hydrogen-bond donors (Lipinski definition) is 1. The Morgan fingerprint density at radius 3 is 2.54 bits per heavy atom. The van der Waals surface area contributed by atoms with Gasteiger partial charge in [0.2, 0.25) is 12.7 Å². The normalized spacial score (nSPS) is 21.4. The number of anilines is 1. The molecule has 1 unspecified atom stereocenters. The van der Waals surface area contributed by atoms with Gasteiger partial charge >= 0.3 is 0 Å². The summed E-state index contributed by atoms with van der Waals surface area (Å²) in [6, 6.07) is 14.9. The zero-order valence-electron chi connectivity index (χ0n) is 15.5. The number of nitrogens with zero attached hydrogens (tertiary/aromatic N) is 1. The van der Waals surface area contributed by atoms with Gasteiger partial charge in [-0.2, -0.15) is 0 Å². The van der Waals surface area contributed by atoms with E-state index in [9.17, 15) is 9.59 Å². The highest BCUT2D eigenvalue weighted by molar-refractivity contribution is 5.96. The fourth-order valence-corrected chi connectivity index (χ4v) is 4.39. The Labute approximate surface area is 163 Å². The van der Waals surface area contributed by atoms with Crippen molar-refractivity contribution in [1.29, 1.82) is 0 Å². The van der Waals surface area contributed by atoms with Crippen LogP contribution in [0.5, 0.6) is 11.5 Å². The van der Waals surface area contributed by atoms with Gasteiger partial charge in [-0.3, -0.25) is 9.59 Å². The first-order valence-corrected chi connectivity index (χ1v) is 9.69. The molecule has 1 spiro atoms. The zero-order valence-corrected chi connectivity index (χ0v) is 15.5. The van der Waals surface area contributed by atoms with Crippen molar-refractivity contribution in [1.82, 2.24) is 4.90 Å². The van der Waals surface area contributed by atoms with Crippen molar-refractivity contribution in [2.75, 3.05) is 25.2 Å². The number of amides is 2. The molecule has 1 saturated heterocycles. The van der Waals surface area contributed by atoms with E-state index in [0.717, 1.165) is 24.9 Å². The van der Waals surface area contributed by atoms with Gasteiger partial charge in [0.1, 0.15) is 0 Å². The molecule has 1 saturated carbocycles. The molecule has 6 heteroatoms. The summed E-state index contributed by atoms with van der Waals surface area (Å²) in [5.74, 6) is 1.47. The van der Waals surface area contributed by atoms with Crippen LogP contribution in [0.4, 0.5) is 5.69 Å². The molecular weight excluding hydrogens is 356 g/mol. The Bertz CT molecular complexity index is 919. The minimum absolute atomic E-state index is 0.0130. The summed E-state index contributed by atoms with van der Waals surface area (Å²) in [4.78, 5) is 27.3. The van der Waals surface area contributed by atoms with Gasteiger partial charge in [0, 0.05) is 30.3 Å². The van der Waals surface area contributed by atoms with Crippen molar-refractivity contribution < 1.29 is 19.1 Å². The van der Waals surface area contributed by atoms with Crippen molar-refractivity contribution in [2.45, 2.75) is 19.3 Å². The van der Waals surface area contributed by atoms with E-state index in [0.29, 0.717) is 30.2 Å². The number of rotatable bonds is 3. The third-order valence-electron chi connectivity index (χ3n) is 6.21. The Hall–Kier alpha value is -3.02. The first-order chi connectivity index (χ1) is 13.6. The highest BCUT2D eigenvalue weighted by atomic mass is 16.7. The number of piperidine rings is 1. The SMILES string of the molecule is O=C(Nc1ccccc1)C1CC12CCN(C(=O)c1ccc3c(c1)OCO3)CC2. The summed E-state index contributed by atoms with van der Waals surface area (Å²) in [7, 11) is 0. The van der Waals surface area contributed by atoms with Crippen LogP contribution in [-0.4, -0.2) is 36.6 Å². The Morgan fingerprint density at radius 2 is 1.75 bits per heavy atom. The second kappa shape index (κ2) is 6.55. The molecule has 6 nitrogen and oxygen atoms in total. The fourth-order valence-electron chi connectivity index (χ4n) is 4.39. The topological polar surface area (TPSA) is 67.9 Å². The largest absolute Gasteiger partial charge is 0.454 e. The van der Waals surface area contributed by atoms with Gasteiger partial charge in [-0.25, -0.2) is 0 Å². The predicted molar refractivity (Wildman–Crippen MR) is 103 cm³/mol. The standard InChI is InChI=1S/C22H22N2O4/c25-20(23-16-4-2-1-3-5-16)17-13-22(17)8-10-24(11-9-22)21(26)15-6-7-18-19(12-15)28-14-27-18/h1-7,12,17H,8-11,13-14H2,(H,23,25). The van der Waals surface area contributed by atoms with Crippen molar-refractivity contribution in [3.8, 4) is 11.5 Å². The second-order valence-corrected chi connectivity index (χ2v) is 7.83. The lowest BCUT2D eigenvalue weighted by Crippen LogP contribution is -2.40. The van der Waals surface area contributed by atoms with Gasteiger partial charge in [0.05, 0.1) is 0 Å². The van der Waals surface area contributed by atoms with Crippen molar-refractivity contribution in [3.05, 3.63) is 54.1 Å². The number of benzene rings is 2. The van der Waals surface area contributed by atoms with Crippen LogP contribution in [0, 0.1) is 11.3 Å². The maximum Gasteiger partial charge on any atom is 0.253 e. The van der Waals surface area contributed by atoms with Crippen molar-refractivity contribution in [2.24, 2.45) is 11.3 Å². The second-order valence-electron chi connectivity index (χ2n) is 7.83. The quantitative estimate of drug-likeness (QED) is 0.890. The Kier molecular flexibility index (Phi) is 4.00. The van der Waals surface area contributed by atoms with E-state index in [2.05, 4.69) is 5.32 Å². The van der Waals surface area contributed by atoms with Gasteiger partial charge in [0.25, 0.3) is 5.91 Å². The summed E-state index contributed by atoms with van der Waals surface area (Å²) in [5, 5.41) is 3.01. The van der Waals surface area contributed by atoms with Crippen LogP contribution >= 0.6 is 0 Å². The van der Waals surface area contributed by atoms with E-state index in [1.807, 2.05) is 35.2 Å². The van der Waals surface area contributed by atoms with Crippen LogP contribution in [0.3, 0.4) is 0 Å². The van der Waals surface area contributed by atoms with Crippen LogP contribution in [0.25, 0.3) is 0 Å². The maximum absolute atomic E-state index is 12.8. The molecule has 0 aromatic heterocycles. The number of nitrogens with one attached hydrogen (secondary N) is 1. The fraction of sp³-hybridized carbons (Fsp3) is 0.364. The molecule has 2 heterocycles. The lowest BCUT2D eigenvalue weighted by atomic mass is 9.90. The Balaban J connectivity index is 1.19. The molecule has 28 heavy (non-hydrogen) atoms. The number of hydrogen-bond acceptors (Lipinski definition) is 4. The van der Waals surface area contributed by atoms with E-state index in [1.54, 1.807) is 18.2 Å². The van der Waals surface area contributed by atoms with Crippen LogP contribution in [0.2, 0.25) is 0 Å². The Morgan fingerprint density at radius 1 is 1.00 bits per heavy atom. The van der Waals surface area contributed by atoms with E-state index >= 15 is 0 Å². The van der Waals surface area contributed by atoms with Crippen molar-refractivity contribution in [3.63, 3.8) is 0 Å². The summed E-state index contributed by atoms with van der Waals surface area (Å²) in [6.45, 7) is 1.57. The third-order valence-corrected chi connectivity index (χ3v) is 6.21. The minimum Gasteiger partial charge on any atom is -0.454 e. The third kappa shape index (κ3) is 2.99. The number of ether oxygens (including phenoxy) is 2. The van der Waals surface area contributed by atoms with Crippen LogP contribution in [0.1, 0.15) is 29.6 Å². The van der Waals surface area contributed by atoms with Crippen LogP contribution in [-0.2, 0) is 4.79 Å². The van der Waals surface area contributed by atoms with Crippen molar-refractivity contribution >= 4 is 17.5 Å². The monoisotopic (exact) mass is 378 g/mol. The first kappa shape index (κ1) is 17.1. The molecule has 1 aliphatic carbocycles. The van der Waals surface area contributed by atoms with Gasteiger partial charge in [-0.15, -0.1) is 0 Å². The summed E-state index contributed by atoms with van der Waals surface area (Å²) < 4.78 is 10.7. The summed E-state index contributed by atoms with van der Waals surface area (Å²) in [5.41, 5.74) is 1.52. The molecule has 2 amide bonds. The maximum atomic E-state index is 12.8. The molecular formula is C22H22N2O4. The number of carbonyl (C=O) groups is 2. The van der Waals surface area contributed by atoms with Gasteiger partial charge in [-0.1, -0.05) is 18.2 Å². The number of para-hydroxylation sites is 1. The molecule has 2 aromatic carbocycles. The first-order valence-electron chi connectivity index (χ1n) is 9.69. The molecule has 1 N–H and O–H groups in total. The number of likely N-dealkylation sites (tertiary alicyclic amines) is 1. The number of fused-ring (bicyclic) bond motifs is 1. The molecule has 5 rings (SSSR count). The van der Waals surface area contributed by atoms with Gasteiger partial charge in [0.15, 0.2) is 11.5 Å². The van der Waals surface area contributed by atoms with E-state index < -0.39 is 0 Å². The molecule has 3 aliphatic rings. The minimum atomic E-state index is 0.0130. The highest BCUT2D eigenvalue weighted by Gasteiger charge is 2.58. The molecule has 0 bridgehead atoms. The molecule has 2 fully saturated rings. The van der Waals surface area contributed by atoms with Crippen LogP contribution in [0.15, 0.2) is 48.5 Å². The van der Waals surface area contributed by atoms with E-state index in [4.69, 9.17) is 9.47 Å². The van der Waals surface area contributed by atoms with Crippen LogP contribution < -0.4 is 14.8 Å². The number of carbonyl (C=O) groups excluding carboxylic acids is 2. The average Bonchev–Trinajstić information content (AvgIpc) is 3.21. The van der Waals surface area contributed by atoms with E-state index in [1.165, 1.54) is 0 Å². The lowest BCUT2D eigenvalue weighted by molar-refractivity contribution is -0.118. The molecule has 144 valence electrons. The predicted octanol–water partition coefficient (Wildman–Crippen LogP) is 3.30. The smallest absolute Gasteiger partial charge is 0.253 e. The molecule has 0 radical (unpaired) electrons. The highest BCUT2D eigenvalue weighted by Crippen LogP contribution is 2.59. The summed E-state index contributed by atoms with van der Waals surface area (Å²) in [6.07, 6.45) is 2.66. The molecule has 2 aliphatic heterocycles. The van der Waals surface area contributed by atoms with E-state index in [-0.39, 0.29) is 29.9 Å². The van der Waals surface area contributed by atoms with Gasteiger partial charge < -0.3 is 19.7 Å². The summed E-state index contributed by atoms with van der Waals surface area (Å²) >= 11 is 0. The van der Waals surface area contributed by atoms with Gasteiger partial charge in [-0.05, 0) is 55.0 Å².